The molecule has 1 unspecified atom stereocenters. The lowest BCUT2D eigenvalue weighted by molar-refractivity contribution is -0.139. The minimum atomic E-state index is -0.832. The van der Waals surface area contributed by atoms with Crippen LogP contribution in [0.1, 0.15) is 40.2 Å². The second kappa shape index (κ2) is 10.0. The summed E-state index contributed by atoms with van der Waals surface area (Å²) in [5, 5.41) is 14.9. The molecule has 35 heavy (non-hydrogen) atoms. The molecule has 3 aromatic rings. The summed E-state index contributed by atoms with van der Waals surface area (Å²) < 4.78 is 17.9. The Morgan fingerprint density at radius 1 is 1.11 bits per heavy atom. The third-order valence-electron chi connectivity index (χ3n) is 5.35. The third kappa shape index (κ3) is 4.65. The fourth-order valence-corrected chi connectivity index (χ4v) is 3.82. The van der Waals surface area contributed by atoms with Crippen LogP contribution in [0.2, 0.25) is 0 Å². The summed E-state index contributed by atoms with van der Waals surface area (Å²) in [6, 6.07) is 13.0. The second-order valence-corrected chi connectivity index (χ2v) is 7.55. The molecule has 2 aromatic heterocycles. The van der Waals surface area contributed by atoms with Gasteiger partial charge in [-0.05, 0) is 31.5 Å². The molecule has 1 aromatic carbocycles. The van der Waals surface area contributed by atoms with Crippen LogP contribution in [0.4, 0.5) is 4.79 Å². The zero-order valence-electron chi connectivity index (χ0n) is 19.0. The first-order chi connectivity index (χ1) is 16.9. The Morgan fingerprint density at radius 2 is 1.83 bits per heavy atom. The molecule has 0 radical (unpaired) electrons. The van der Waals surface area contributed by atoms with Gasteiger partial charge in [0.2, 0.25) is 5.88 Å². The average molecular weight is 474 g/mol. The number of aryl methyl sites for hydroxylation is 1. The highest BCUT2D eigenvalue weighted by atomic mass is 16.5. The van der Waals surface area contributed by atoms with Crippen LogP contribution in [0.5, 0.6) is 0 Å². The van der Waals surface area contributed by atoms with Crippen molar-refractivity contribution in [2.24, 2.45) is 0 Å². The first-order valence-corrected chi connectivity index (χ1v) is 10.8. The molecule has 0 fully saturated rings. The van der Waals surface area contributed by atoms with Crippen LogP contribution in [0.25, 0.3) is 5.88 Å². The molecule has 2 amide bonds. The highest BCUT2D eigenvalue weighted by molar-refractivity contribution is 5.96. The molecule has 0 spiro atoms. The zero-order valence-corrected chi connectivity index (χ0v) is 19.0. The molecule has 1 atom stereocenters. The summed E-state index contributed by atoms with van der Waals surface area (Å²) in [7, 11) is 0. The molecule has 0 saturated carbocycles. The van der Waals surface area contributed by atoms with E-state index >= 15 is 0 Å². The van der Waals surface area contributed by atoms with E-state index in [4.69, 9.17) is 13.9 Å². The Kier molecular flexibility index (Phi) is 6.69. The van der Waals surface area contributed by atoms with E-state index in [9.17, 15) is 19.6 Å². The topological polar surface area (TPSA) is 136 Å². The van der Waals surface area contributed by atoms with Crippen molar-refractivity contribution in [2.45, 2.75) is 19.9 Å². The molecular formula is C25H22N4O6. The second-order valence-electron chi connectivity index (χ2n) is 7.55. The quantitative estimate of drug-likeness (QED) is 0.502. The standard InChI is InChI=1S/C25H22N4O6/c1-3-33-24(31)20-18(27-25(32)28-21(20)16-9-5-4-6-10-16)14-34-23(30)19-15(2)35-22(17(19)13-26)29-11-7-8-12-29/h4-12,21H,3,14H2,1-2H3,(H2,27,28,32). The van der Waals surface area contributed by atoms with E-state index in [1.807, 2.05) is 12.1 Å². The van der Waals surface area contributed by atoms with Crippen molar-refractivity contribution in [3.05, 3.63) is 88.6 Å². The van der Waals surface area contributed by atoms with Crippen LogP contribution in [0, 0.1) is 18.3 Å². The molecule has 3 heterocycles. The van der Waals surface area contributed by atoms with Gasteiger partial charge in [-0.15, -0.1) is 0 Å². The van der Waals surface area contributed by atoms with Crippen molar-refractivity contribution >= 4 is 18.0 Å². The van der Waals surface area contributed by atoms with Gasteiger partial charge in [0.05, 0.1) is 23.9 Å². The van der Waals surface area contributed by atoms with E-state index in [1.54, 1.807) is 67.2 Å². The maximum Gasteiger partial charge on any atom is 0.343 e. The largest absolute Gasteiger partial charge is 0.463 e. The summed E-state index contributed by atoms with van der Waals surface area (Å²) in [6.45, 7) is 2.90. The Morgan fingerprint density at radius 3 is 2.49 bits per heavy atom. The number of nitrogens with zero attached hydrogens (tertiary/aromatic N) is 2. The lowest BCUT2D eigenvalue weighted by atomic mass is 9.95. The molecule has 178 valence electrons. The zero-order chi connectivity index (χ0) is 24.9. The predicted octanol–water partition coefficient (Wildman–Crippen LogP) is 3.28. The number of rotatable bonds is 7. The van der Waals surface area contributed by atoms with E-state index in [0.29, 0.717) is 5.56 Å². The molecule has 10 heteroatoms. The van der Waals surface area contributed by atoms with Crippen LogP contribution in [0.3, 0.4) is 0 Å². The van der Waals surface area contributed by atoms with Gasteiger partial charge in [-0.25, -0.2) is 14.4 Å². The van der Waals surface area contributed by atoms with Crippen LogP contribution in [-0.4, -0.2) is 35.8 Å². The van der Waals surface area contributed by atoms with Gasteiger partial charge in [0.25, 0.3) is 0 Å². The van der Waals surface area contributed by atoms with E-state index in [-0.39, 0.29) is 40.6 Å². The van der Waals surface area contributed by atoms with Crippen molar-refractivity contribution in [1.29, 1.82) is 5.26 Å². The van der Waals surface area contributed by atoms with E-state index < -0.39 is 30.6 Å². The number of hydrogen-bond acceptors (Lipinski definition) is 7. The molecule has 1 aliphatic heterocycles. The molecule has 1 aliphatic rings. The number of carbonyl (C=O) groups excluding carboxylic acids is 3. The number of benzene rings is 1. The number of nitriles is 1. The number of amides is 2. The van der Waals surface area contributed by atoms with Crippen LogP contribution >= 0.6 is 0 Å². The lowest BCUT2D eigenvalue weighted by Gasteiger charge is -2.29. The average Bonchev–Trinajstić information content (AvgIpc) is 3.50. The first kappa shape index (κ1) is 23.4. The number of carbonyl (C=O) groups is 3. The Hall–Kier alpha value is -4.78. The highest BCUT2D eigenvalue weighted by Gasteiger charge is 2.34. The SMILES string of the molecule is CCOC(=O)C1=C(COC(=O)c2c(C)oc(-n3cccc3)c2C#N)NC(=O)NC1c1ccccc1. The molecule has 4 rings (SSSR count). The van der Waals surface area contributed by atoms with Gasteiger partial charge < -0.3 is 24.5 Å². The fraction of sp³-hybridized carbons (Fsp3) is 0.200. The van der Waals surface area contributed by atoms with Gasteiger partial charge in [0.15, 0.2) is 0 Å². The minimum absolute atomic E-state index is 0.0137. The van der Waals surface area contributed by atoms with Crippen molar-refractivity contribution in [2.75, 3.05) is 13.2 Å². The van der Waals surface area contributed by atoms with Gasteiger partial charge in [-0.2, -0.15) is 5.26 Å². The number of aromatic nitrogens is 1. The molecule has 2 N–H and O–H groups in total. The summed E-state index contributed by atoms with van der Waals surface area (Å²) >= 11 is 0. The monoisotopic (exact) mass is 474 g/mol. The number of esters is 2. The van der Waals surface area contributed by atoms with Gasteiger partial charge in [0, 0.05) is 12.4 Å². The van der Waals surface area contributed by atoms with E-state index in [2.05, 4.69) is 10.6 Å². The van der Waals surface area contributed by atoms with Crippen molar-refractivity contribution in [3.8, 4) is 12.0 Å². The summed E-state index contributed by atoms with van der Waals surface area (Å²) in [4.78, 5) is 38.2. The van der Waals surface area contributed by atoms with E-state index in [1.165, 1.54) is 0 Å². The number of ether oxygens (including phenoxy) is 2. The van der Waals surface area contributed by atoms with Crippen molar-refractivity contribution in [3.63, 3.8) is 0 Å². The van der Waals surface area contributed by atoms with Gasteiger partial charge >= 0.3 is 18.0 Å². The van der Waals surface area contributed by atoms with Crippen molar-refractivity contribution in [1.82, 2.24) is 15.2 Å². The van der Waals surface area contributed by atoms with Gasteiger partial charge in [-0.1, -0.05) is 30.3 Å². The number of urea groups is 1. The molecule has 0 aliphatic carbocycles. The predicted molar refractivity (Wildman–Crippen MR) is 122 cm³/mol. The van der Waals surface area contributed by atoms with Crippen molar-refractivity contribution < 1.29 is 28.3 Å². The van der Waals surface area contributed by atoms with Gasteiger partial charge in [-0.3, -0.25) is 4.57 Å². The number of nitrogens with one attached hydrogen (secondary N) is 2. The normalized spacial score (nSPS) is 15.1. The van der Waals surface area contributed by atoms with Gasteiger partial charge in [0.1, 0.15) is 29.6 Å². The van der Waals surface area contributed by atoms with E-state index in [0.717, 1.165) is 0 Å². The Balaban J connectivity index is 1.66. The van der Waals surface area contributed by atoms with Crippen LogP contribution in [-0.2, 0) is 14.3 Å². The maximum absolute atomic E-state index is 13.0. The first-order valence-electron chi connectivity index (χ1n) is 10.8. The summed E-state index contributed by atoms with van der Waals surface area (Å²) in [5.41, 5.74) is 0.833. The summed E-state index contributed by atoms with van der Waals surface area (Å²) in [6.07, 6.45) is 3.36. The third-order valence-corrected chi connectivity index (χ3v) is 5.35. The molecule has 10 nitrogen and oxygen atoms in total. The number of furan rings is 1. The summed E-state index contributed by atoms with van der Waals surface area (Å²) in [5.74, 6) is -1.10. The molecule has 0 bridgehead atoms. The Labute approximate surface area is 200 Å². The molecule has 0 saturated heterocycles. The molecular weight excluding hydrogens is 452 g/mol. The Bertz CT molecular complexity index is 1330. The minimum Gasteiger partial charge on any atom is -0.463 e. The number of hydrogen-bond donors (Lipinski definition) is 2. The fourth-order valence-electron chi connectivity index (χ4n) is 3.82. The highest BCUT2D eigenvalue weighted by Crippen LogP contribution is 2.29. The smallest absolute Gasteiger partial charge is 0.343 e. The van der Waals surface area contributed by atoms with Crippen LogP contribution < -0.4 is 10.6 Å². The van der Waals surface area contributed by atoms with Crippen LogP contribution in [0.15, 0.2) is 70.5 Å². The lowest BCUT2D eigenvalue weighted by Crippen LogP contribution is -2.47. The maximum atomic E-state index is 13.0.